The first-order chi connectivity index (χ1) is 8.51. The van der Waals surface area contributed by atoms with Crippen LogP contribution in [0.15, 0.2) is 18.2 Å². The molecule has 1 amide bonds. The number of carbonyl (C=O) groups excluding carboxylic acids is 1. The zero-order valence-electron chi connectivity index (χ0n) is 11.2. The van der Waals surface area contributed by atoms with Gasteiger partial charge in [0.15, 0.2) is 0 Å². The highest BCUT2D eigenvalue weighted by Crippen LogP contribution is 2.23. The lowest BCUT2D eigenvalue weighted by molar-refractivity contribution is 0.0925. The molecule has 1 aromatic carbocycles. The second-order valence-corrected chi connectivity index (χ2v) is 4.93. The Labute approximate surface area is 114 Å². The predicted octanol–water partition coefficient (Wildman–Crippen LogP) is 3.48. The lowest BCUT2D eigenvalue weighted by Gasteiger charge is -2.22. The van der Waals surface area contributed by atoms with Crippen molar-refractivity contribution < 1.29 is 4.79 Å². The molecular formula is C14H21ClN2O. The van der Waals surface area contributed by atoms with Crippen molar-refractivity contribution >= 4 is 23.2 Å². The van der Waals surface area contributed by atoms with Gasteiger partial charge in [0.1, 0.15) is 0 Å². The molecule has 0 fully saturated rings. The van der Waals surface area contributed by atoms with Gasteiger partial charge in [-0.3, -0.25) is 4.79 Å². The first kappa shape index (κ1) is 14.8. The van der Waals surface area contributed by atoms with E-state index in [4.69, 9.17) is 17.3 Å². The SMILES string of the molecule is CCC(CC)C(C)NC(=O)c1cccc(N)c1Cl. The smallest absolute Gasteiger partial charge is 0.253 e. The summed E-state index contributed by atoms with van der Waals surface area (Å²) in [5.74, 6) is 0.320. The first-order valence-corrected chi connectivity index (χ1v) is 6.73. The van der Waals surface area contributed by atoms with Crippen LogP contribution in [0.2, 0.25) is 5.02 Å². The van der Waals surface area contributed by atoms with Crippen LogP contribution >= 0.6 is 11.6 Å². The summed E-state index contributed by atoms with van der Waals surface area (Å²) in [7, 11) is 0. The van der Waals surface area contributed by atoms with Crippen molar-refractivity contribution in [1.29, 1.82) is 0 Å². The second-order valence-electron chi connectivity index (χ2n) is 4.55. The fraction of sp³-hybridized carbons (Fsp3) is 0.500. The Kier molecular flexibility index (Phi) is 5.48. The number of amides is 1. The van der Waals surface area contributed by atoms with Crippen molar-refractivity contribution in [3.63, 3.8) is 0 Å². The molecule has 0 aromatic heterocycles. The Morgan fingerprint density at radius 1 is 1.39 bits per heavy atom. The topological polar surface area (TPSA) is 55.1 Å². The summed E-state index contributed by atoms with van der Waals surface area (Å²) in [5, 5.41) is 3.31. The molecule has 1 aromatic rings. The highest BCUT2D eigenvalue weighted by atomic mass is 35.5. The third kappa shape index (κ3) is 3.39. The molecule has 0 saturated heterocycles. The van der Waals surface area contributed by atoms with Gasteiger partial charge < -0.3 is 11.1 Å². The van der Waals surface area contributed by atoms with Crippen LogP contribution < -0.4 is 11.1 Å². The quantitative estimate of drug-likeness (QED) is 0.804. The fourth-order valence-corrected chi connectivity index (χ4v) is 2.34. The molecule has 0 aliphatic heterocycles. The molecule has 0 aliphatic rings. The lowest BCUT2D eigenvalue weighted by Crippen LogP contribution is -2.37. The molecule has 1 unspecified atom stereocenters. The number of nitrogens with one attached hydrogen (secondary N) is 1. The molecule has 0 aliphatic carbocycles. The Morgan fingerprint density at radius 2 is 2.00 bits per heavy atom. The van der Waals surface area contributed by atoms with Gasteiger partial charge in [0.05, 0.1) is 16.3 Å². The highest BCUT2D eigenvalue weighted by Gasteiger charge is 2.18. The maximum Gasteiger partial charge on any atom is 0.253 e. The molecule has 0 bridgehead atoms. The summed E-state index contributed by atoms with van der Waals surface area (Å²) in [4.78, 5) is 12.1. The molecule has 0 spiro atoms. The number of halogens is 1. The van der Waals surface area contributed by atoms with Crippen LogP contribution in [0.4, 0.5) is 5.69 Å². The number of nitrogens with two attached hydrogens (primary N) is 1. The van der Waals surface area contributed by atoms with Crippen molar-refractivity contribution in [2.24, 2.45) is 5.92 Å². The maximum atomic E-state index is 12.1. The van der Waals surface area contributed by atoms with Crippen molar-refractivity contribution in [2.45, 2.75) is 39.7 Å². The summed E-state index contributed by atoms with van der Waals surface area (Å²) < 4.78 is 0. The van der Waals surface area contributed by atoms with E-state index in [1.165, 1.54) is 0 Å². The number of carbonyl (C=O) groups is 1. The van der Waals surface area contributed by atoms with E-state index in [0.717, 1.165) is 12.8 Å². The van der Waals surface area contributed by atoms with Crippen LogP contribution in [0.25, 0.3) is 0 Å². The Balaban J connectivity index is 2.79. The molecule has 18 heavy (non-hydrogen) atoms. The Bertz CT molecular complexity index is 416. The van der Waals surface area contributed by atoms with Gasteiger partial charge in [-0.2, -0.15) is 0 Å². The van der Waals surface area contributed by atoms with Crippen LogP contribution in [0, 0.1) is 5.92 Å². The van der Waals surface area contributed by atoms with Gasteiger partial charge >= 0.3 is 0 Å². The molecule has 0 radical (unpaired) electrons. The van der Waals surface area contributed by atoms with Gasteiger partial charge in [0, 0.05) is 6.04 Å². The number of nitrogen functional groups attached to an aromatic ring is 1. The largest absolute Gasteiger partial charge is 0.398 e. The zero-order valence-corrected chi connectivity index (χ0v) is 11.9. The zero-order chi connectivity index (χ0) is 13.7. The summed E-state index contributed by atoms with van der Waals surface area (Å²) in [5.41, 5.74) is 6.56. The summed E-state index contributed by atoms with van der Waals surface area (Å²) in [6.07, 6.45) is 2.09. The van der Waals surface area contributed by atoms with Crippen molar-refractivity contribution in [3.8, 4) is 0 Å². The molecule has 0 saturated carbocycles. The maximum absolute atomic E-state index is 12.1. The van der Waals surface area contributed by atoms with E-state index in [2.05, 4.69) is 19.2 Å². The summed E-state index contributed by atoms with van der Waals surface area (Å²) >= 11 is 6.03. The van der Waals surface area contributed by atoms with E-state index in [1.807, 2.05) is 6.92 Å². The highest BCUT2D eigenvalue weighted by molar-refractivity contribution is 6.36. The normalized spacial score (nSPS) is 12.5. The molecule has 3 nitrogen and oxygen atoms in total. The second kappa shape index (κ2) is 6.64. The van der Waals surface area contributed by atoms with Crippen LogP contribution in [-0.4, -0.2) is 11.9 Å². The van der Waals surface area contributed by atoms with Gasteiger partial charge in [-0.05, 0) is 25.0 Å². The number of benzene rings is 1. The van der Waals surface area contributed by atoms with Crippen LogP contribution in [0.1, 0.15) is 44.0 Å². The van der Waals surface area contributed by atoms with E-state index in [9.17, 15) is 4.79 Å². The van der Waals surface area contributed by atoms with Crippen molar-refractivity contribution in [2.75, 3.05) is 5.73 Å². The molecule has 1 atom stereocenters. The van der Waals surface area contributed by atoms with Gasteiger partial charge in [0.25, 0.3) is 5.91 Å². The number of anilines is 1. The van der Waals surface area contributed by atoms with Gasteiger partial charge in [-0.1, -0.05) is 44.4 Å². The average molecular weight is 269 g/mol. The van der Waals surface area contributed by atoms with Gasteiger partial charge in [-0.25, -0.2) is 0 Å². The van der Waals surface area contributed by atoms with E-state index in [1.54, 1.807) is 18.2 Å². The minimum Gasteiger partial charge on any atom is -0.398 e. The van der Waals surface area contributed by atoms with E-state index < -0.39 is 0 Å². The Hall–Kier alpha value is -1.22. The fourth-order valence-electron chi connectivity index (χ4n) is 2.12. The minimum atomic E-state index is -0.160. The van der Waals surface area contributed by atoms with E-state index >= 15 is 0 Å². The minimum absolute atomic E-state index is 0.130. The predicted molar refractivity (Wildman–Crippen MR) is 76.9 cm³/mol. The molecule has 3 N–H and O–H groups in total. The molecule has 100 valence electrons. The van der Waals surface area contributed by atoms with E-state index in [-0.39, 0.29) is 11.9 Å². The standard InChI is InChI=1S/C14H21ClN2O/c1-4-10(5-2)9(3)17-14(18)11-7-6-8-12(16)13(11)15/h6-10H,4-5,16H2,1-3H3,(H,17,18). The number of hydrogen-bond acceptors (Lipinski definition) is 2. The first-order valence-electron chi connectivity index (χ1n) is 6.36. The summed E-state index contributed by atoms with van der Waals surface area (Å²) in [6.45, 7) is 6.28. The average Bonchev–Trinajstić information content (AvgIpc) is 2.34. The monoisotopic (exact) mass is 268 g/mol. The molecule has 4 heteroatoms. The number of hydrogen-bond donors (Lipinski definition) is 2. The van der Waals surface area contributed by atoms with Crippen LogP contribution in [0.5, 0.6) is 0 Å². The van der Waals surface area contributed by atoms with Gasteiger partial charge in [0.2, 0.25) is 0 Å². The van der Waals surface area contributed by atoms with Crippen LogP contribution in [-0.2, 0) is 0 Å². The molecule has 1 rings (SSSR count). The van der Waals surface area contributed by atoms with Gasteiger partial charge in [-0.15, -0.1) is 0 Å². The van der Waals surface area contributed by atoms with Crippen LogP contribution in [0.3, 0.4) is 0 Å². The third-order valence-electron chi connectivity index (χ3n) is 3.39. The van der Waals surface area contributed by atoms with E-state index in [0.29, 0.717) is 22.2 Å². The molecule has 0 heterocycles. The summed E-state index contributed by atoms with van der Waals surface area (Å²) in [6, 6.07) is 5.24. The van der Waals surface area contributed by atoms with Crippen molar-refractivity contribution in [1.82, 2.24) is 5.32 Å². The lowest BCUT2D eigenvalue weighted by atomic mass is 9.95. The molecular weight excluding hydrogens is 248 g/mol. The Morgan fingerprint density at radius 3 is 2.56 bits per heavy atom. The third-order valence-corrected chi connectivity index (χ3v) is 3.81. The number of rotatable bonds is 5. The van der Waals surface area contributed by atoms with Crippen molar-refractivity contribution in [3.05, 3.63) is 28.8 Å².